The van der Waals surface area contributed by atoms with Crippen LogP contribution in [0.25, 0.3) is 0 Å². The third-order valence-corrected chi connectivity index (χ3v) is 2.96. The van der Waals surface area contributed by atoms with E-state index in [4.69, 9.17) is 5.11 Å². The molecule has 0 unspecified atom stereocenters. The number of hydrogen-bond acceptors (Lipinski definition) is 2. The Kier molecular flexibility index (Phi) is 2.64. The molecule has 0 bridgehead atoms. The number of aliphatic carboxylic acids is 1. The van der Waals surface area contributed by atoms with Crippen LogP contribution in [-0.4, -0.2) is 24.0 Å². The number of anilines is 1. The number of aryl methyl sites for hydroxylation is 2. The molecule has 0 radical (unpaired) electrons. The van der Waals surface area contributed by atoms with E-state index in [0.717, 1.165) is 19.3 Å². The highest BCUT2D eigenvalue weighted by Crippen LogP contribution is 2.26. The van der Waals surface area contributed by atoms with E-state index < -0.39 is 11.9 Å². The van der Waals surface area contributed by atoms with Crippen molar-refractivity contribution in [1.29, 1.82) is 0 Å². The van der Waals surface area contributed by atoms with E-state index in [0.29, 0.717) is 5.69 Å². The molecule has 1 aromatic carbocycles. The van der Waals surface area contributed by atoms with E-state index in [9.17, 15) is 9.59 Å². The predicted molar refractivity (Wildman–Crippen MR) is 59.5 cm³/mol. The summed E-state index contributed by atoms with van der Waals surface area (Å²) in [7, 11) is 1.48. The summed E-state index contributed by atoms with van der Waals surface area (Å²) < 4.78 is 0. The fourth-order valence-corrected chi connectivity index (χ4v) is 2.03. The second-order valence-electron chi connectivity index (χ2n) is 3.98. The lowest BCUT2D eigenvalue weighted by atomic mass is 10.1. The summed E-state index contributed by atoms with van der Waals surface area (Å²) in [4.78, 5) is 23.0. The molecule has 4 heteroatoms. The number of likely N-dealkylation sites (N-methyl/N-ethyl adjacent to an activating group) is 1. The Morgan fingerprint density at radius 1 is 1.25 bits per heavy atom. The Bertz CT molecular complexity index is 454. The Labute approximate surface area is 93.5 Å². The van der Waals surface area contributed by atoms with E-state index >= 15 is 0 Å². The first-order chi connectivity index (χ1) is 7.59. The molecule has 16 heavy (non-hydrogen) atoms. The van der Waals surface area contributed by atoms with Crippen LogP contribution in [0, 0.1) is 0 Å². The average Bonchev–Trinajstić information content (AvgIpc) is 2.73. The van der Waals surface area contributed by atoms with Crippen molar-refractivity contribution in [3.8, 4) is 0 Å². The standard InChI is InChI=1S/C12H13NO3/c1-13(11(14)12(15)16)10-6-5-8-3-2-4-9(8)7-10/h5-7H,2-4H2,1H3,(H,15,16). The van der Waals surface area contributed by atoms with Crippen LogP contribution in [-0.2, 0) is 22.4 Å². The number of nitrogens with zero attached hydrogens (tertiary/aromatic N) is 1. The molecule has 0 spiro atoms. The molecule has 0 saturated heterocycles. The fraction of sp³-hybridized carbons (Fsp3) is 0.333. The second kappa shape index (κ2) is 3.96. The lowest BCUT2D eigenvalue weighted by Gasteiger charge is -2.15. The van der Waals surface area contributed by atoms with Gasteiger partial charge in [-0.1, -0.05) is 6.07 Å². The maximum Gasteiger partial charge on any atom is 0.394 e. The highest BCUT2D eigenvalue weighted by molar-refractivity contribution is 6.37. The van der Waals surface area contributed by atoms with E-state index in [1.807, 2.05) is 12.1 Å². The minimum atomic E-state index is -1.43. The monoisotopic (exact) mass is 219 g/mol. The Hall–Kier alpha value is -1.84. The van der Waals surface area contributed by atoms with E-state index in [1.54, 1.807) is 6.07 Å². The van der Waals surface area contributed by atoms with Gasteiger partial charge in [0.15, 0.2) is 0 Å². The smallest absolute Gasteiger partial charge is 0.394 e. The van der Waals surface area contributed by atoms with Crippen molar-refractivity contribution in [2.45, 2.75) is 19.3 Å². The van der Waals surface area contributed by atoms with Crippen molar-refractivity contribution in [2.75, 3.05) is 11.9 Å². The third-order valence-electron chi connectivity index (χ3n) is 2.96. The first-order valence-electron chi connectivity index (χ1n) is 5.22. The van der Waals surface area contributed by atoms with Crippen LogP contribution in [0.3, 0.4) is 0 Å². The summed E-state index contributed by atoms with van der Waals surface area (Å²) in [6, 6.07) is 5.68. The van der Waals surface area contributed by atoms with Crippen molar-refractivity contribution >= 4 is 17.6 Å². The van der Waals surface area contributed by atoms with E-state index in [-0.39, 0.29) is 0 Å². The van der Waals surface area contributed by atoms with Crippen LogP contribution in [0.1, 0.15) is 17.5 Å². The van der Waals surface area contributed by atoms with Gasteiger partial charge in [0, 0.05) is 12.7 Å². The summed E-state index contributed by atoms with van der Waals surface area (Å²) in [5.41, 5.74) is 3.18. The minimum Gasteiger partial charge on any atom is -0.474 e. The Morgan fingerprint density at radius 3 is 2.62 bits per heavy atom. The molecule has 1 N–H and O–H groups in total. The summed E-state index contributed by atoms with van der Waals surface area (Å²) in [5, 5.41) is 8.62. The highest BCUT2D eigenvalue weighted by atomic mass is 16.4. The van der Waals surface area contributed by atoms with Gasteiger partial charge in [-0.15, -0.1) is 0 Å². The molecular formula is C12H13NO3. The van der Waals surface area contributed by atoms with Crippen molar-refractivity contribution in [2.24, 2.45) is 0 Å². The van der Waals surface area contributed by atoms with E-state index in [1.165, 1.54) is 23.1 Å². The van der Waals surface area contributed by atoms with Crippen molar-refractivity contribution in [1.82, 2.24) is 0 Å². The number of fused-ring (bicyclic) bond motifs is 1. The van der Waals surface area contributed by atoms with E-state index in [2.05, 4.69) is 0 Å². The molecule has 4 nitrogen and oxygen atoms in total. The zero-order valence-corrected chi connectivity index (χ0v) is 9.06. The molecule has 0 saturated carbocycles. The zero-order valence-electron chi connectivity index (χ0n) is 9.06. The normalized spacial score (nSPS) is 13.3. The Balaban J connectivity index is 2.28. The number of carbonyl (C=O) groups is 2. The molecule has 0 heterocycles. The van der Waals surface area contributed by atoms with Crippen LogP contribution in [0.5, 0.6) is 0 Å². The van der Waals surface area contributed by atoms with Gasteiger partial charge >= 0.3 is 11.9 Å². The molecule has 1 amide bonds. The molecular weight excluding hydrogens is 206 g/mol. The molecule has 1 aliphatic rings. The largest absolute Gasteiger partial charge is 0.474 e. The van der Waals surface area contributed by atoms with Gasteiger partial charge < -0.3 is 10.0 Å². The summed E-state index contributed by atoms with van der Waals surface area (Å²) in [5.74, 6) is -2.33. The van der Waals surface area contributed by atoms with Gasteiger partial charge in [-0.05, 0) is 42.5 Å². The first kappa shape index (κ1) is 10.7. The van der Waals surface area contributed by atoms with Crippen molar-refractivity contribution < 1.29 is 14.7 Å². The maximum atomic E-state index is 11.3. The van der Waals surface area contributed by atoms with Gasteiger partial charge in [0.2, 0.25) is 0 Å². The number of benzene rings is 1. The van der Waals surface area contributed by atoms with Crippen LogP contribution in [0.2, 0.25) is 0 Å². The SMILES string of the molecule is CN(C(=O)C(=O)O)c1ccc2c(c1)CCC2. The zero-order chi connectivity index (χ0) is 11.7. The highest BCUT2D eigenvalue weighted by Gasteiger charge is 2.20. The molecule has 0 aromatic heterocycles. The molecule has 0 aliphatic heterocycles. The minimum absolute atomic E-state index is 0.646. The summed E-state index contributed by atoms with van der Waals surface area (Å²) in [6.07, 6.45) is 3.22. The van der Waals surface area contributed by atoms with Gasteiger partial charge in [-0.25, -0.2) is 4.79 Å². The number of hydrogen-bond donors (Lipinski definition) is 1. The molecule has 1 aliphatic carbocycles. The van der Waals surface area contributed by atoms with Crippen LogP contribution in [0.15, 0.2) is 18.2 Å². The second-order valence-corrected chi connectivity index (χ2v) is 3.98. The maximum absolute atomic E-state index is 11.3. The van der Waals surface area contributed by atoms with Gasteiger partial charge in [0.05, 0.1) is 0 Å². The van der Waals surface area contributed by atoms with Crippen LogP contribution in [0.4, 0.5) is 5.69 Å². The van der Waals surface area contributed by atoms with Crippen LogP contribution >= 0.6 is 0 Å². The first-order valence-corrected chi connectivity index (χ1v) is 5.22. The number of carboxylic acid groups (broad SMARTS) is 1. The molecule has 1 aromatic rings. The predicted octanol–water partition coefficient (Wildman–Crippen LogP) is 1.22. The van der Waals surface area contributed by atoms with Gasteiger partial charge in [-0.2, -0.15) is 0 Å². The summed E-state index contributed by atoms with van der Waals surface area (Å²) in [6.45, 7) is 0. The number of amides is 1. The van der Waals surface area contributed by atoms with Crippen LogP contribution < -0.4 is 4.90 Å². The van der Waals surface area contributed by atoms with Crippen molar-refractivity contribution in [3.05, 3.63) is 29.3 Å². The van der Waals surface area contributed by atoms with Crippen molar-refractivity contribution in [3.63, 3.8) is 0 Å². The molecule has 84 valence electrons. The molecule has 0 fully saturated rings. The number of rotatable bonds is 1. The number of carbonyl (C=O) groups excluding carboxylic acids is 1. The topological polar surface area (TPSA) is 57.6 Å². The quantitative estimate of drug-likeness (QED) is 0.722. The fourth-order valence-electron chi connectivity index (χ4n) is 2.03. The third kappa shape index (κ3) is 1.78. The van der Waals surface area contributed by atoms with Gasteiger partial charge in [-0.3, -0.25) is 4.79 Å². The summed E-state index contributed by atoms with van der Waals surface area (Å²) >= 11 is 0. The molecule has 0 atom stereocenters. The Morgan fingerprint density at radius 2 is 1.94 bits per heavy atom. The average molecular weight is 219 g/mol. The lowest BCUT2D eigenvalue weighted by Crippen LogP contribution is -2.32. The van der Waals surface area contributed by atoms with Gasteiger partial charge in [0.1, 0.15) is 0 Å². The number of carboxylic acids is 1. The lowest BCUT2D eigenvalue weighted by molar-refractivity contribution is -0.148. The molecule has 2 rings (SSSR count). The van der Waals surface area contributed by atoms with Gasteiger partial charge in [0.25, 0.3) is 0 Å².